The van der Waals surface area contributed by atoms with Crippen molar-refractivity contribution in [1.82, 2.24) is 24.9 Å². The van der Waals surface area contributed by atoms with Gasteiger partial charge in [0.1, 0.15) is 6.61 Å². The maximum Gasteiger partial charge on any atom is 0.435 e. The van der Waals surface area contributed by atoms with E-state index in [1.54, 1.807) is 30.2 Å². The summed E-state index contributed by atoms with van der Waals surface area (Å²) in [6.45, 7) is 6.34. The van der Waals surface area contributed by atoms with Gasteiger partial charge in [0.15, 0.2) is 12.1 Å². The number of hydrogen-bond donors (Lipinski definition) is 3. The Bertz CT molecular complexity index is 1140. The SMILES string of the molecule is CCN/C=C(\N)CN1CCc2c(cc(CN(C)CCOC=N)cc2-c2cn(CC)nc2C(F)(F)F)C1=O. The highest BCUT2D eigenvalue weighted by Crippen LogP contribution is 2.40. The molecule has 0 radical (unpaired) electrons. The van der Waals surface area contributed by atoms with Gasteiger partial charge in [-0.05, 0) is 56.1 Å². The summed E-state index contributed by atoms with van der Waals surface area (Å²) in [4.78, 5) is 17.0. The Morgan fingerprint density at radius 1 is 1.30 bits per heavy atom. The number of aromatic nitrogens is 2. The Hall–Kier alpha value is -3.54. The number of aryl methyl sites for hydroxylation is 1. The molecule has 1 aliphatic heterocycles. The van der Waals surface area contributed by atoms with E-state index < -0.39 is 11.9 Å². The first-order chi connectivity index (χ1) is 17.6. The molecule has 0 aliphatic carbocycles. The second-order valence-electron chi connectivity index (χ2n) is 8.89. The average Bonchev–Trinajstić information content (AvgIpc) is 3.30. The first kappa shape index (κ1) is 28.0. The molecule has 0 atom stereocenters. The van der Waals surface area contributed by atoms with Gasteiger partial charge in [0.25, 0.3) is 5.91 Å². The van der Waals surface area contributed by atoms with Crippen LogP contribution >= 0.6 is 0 Å². The number of fused-ring (bicyclic) bond motifs is 1. The number of nitrogens with one attached hydrogen (secondary N) is 2. The monoisotopic (exact) mass is 521 g/mol. The van der Waals surface area contributed by atoms with Crippen LogP contribution in [0.4, 0.5) is 13.2 Å². The van der Waals surface area contributed by atoms with Crippen molar-refractivity contribution >= 4 is 12.3 Å². The van der Waals surface area contributed by atoms with Crippen molar-refractivity contribution in [2.75, 3.05) is 39.8 Å². The van der Waals surface area contributed by atoms with Gasteiger partial charge in [0.2, 0.25) is 0 Å². The number of amides is 1. The maximum atomic E-state index is 14.0. The van der Waals surface area contributed by atoms with Gasteiger partial charge < -0.3 is 20.7 Å². The van der Waals surface area contributed by atoms with Crippen LogP contribution in [0.25, 0.3) is 11.1 Å². The van der Waals surface area contributed by atoms with E-state index in [1.165, 1.54) is 10.9 Å². The molecule has 1 amide bonds. The van der Waals surface area contributed by atoms with Crippen molar-refractivity contribution in [2.24, 2.45) is 5.73 Å². The highest BCUT2D eigenvalue weighted by Gasteiger charge is 2.39. The first-order valence-corrected chi connectivity index (χ1v) is 12.2. The number of carbonyl (C=O) groups is 1. The van der Waals surface area contributed by atoms with Crippen LogP contribution < -0.4 is 11.1 Å². The highest BCUT2D eigenvalue weighted by molar-refractivity contribution is 5.99. The van der Waals surface area contributed by atoms with Crippen LogP contribution in [0.3, 0.4) is 0 Å². The molecule has 0 bridgehead atoms. The van der Waals surface area contributed by atoms with E-state index in [0.29, 0.717) is 67.2 Å². The minimum absolute atomic E-state index is 0.0324. The lowest BCUT2D eigenvalue weighted by atomic mass is 9.88. The van der Waals surface area contributed by atoms with Crippen LogP contribution in [0.2, 0.25) is 0 Å². The summed E-state index contributed by atoms with van der Waals surface area (Å²) >= 11 is 0. The summed E-state index contributed by atoms with van der Waals surface area (Å²) in [6.07, 6.45) is -0.334. The van der Waals surface area contributed by atoms with E-state index >= 15 is 0 Å². The molecule has 2 aromatic rings. The average molecular weight is 522 g/mol. The number of ether oxygens (including phenoxy) is 1. The molecule has 0 saturated carbocycles. The van der Waals surface area contributed by atoms with Crippen LogP contribution in [0.15, 0.2) is 30.2 Å². The number of nitrogens with two attached hydrogens (primary N) is 1. The smallest absolute Gasteiger partial charge is 0.435 e. The van der Waals surface area contributed by atoms with Gasteiger partial charge >= 0.3 is 6.18 Å². The zero-order valence-corrected chi connectivity index (χ0v) is 21.4. The molecular formula is C25H34F3N7O2. The second kappa shape index (κ2) is 12.1. The predicted octanol–water partition coefficient (Wildman–Crippen LogP) is 3.05. The Morgan fingerprint density at radius 2 is 2.03 bits per heavy atom. The largest absolute Gasteiger partial charge is 0.482 e. The molecule has 12 heteroatoms. The van der Waals surface area contributed by atoms with Crippen molar-refractivity contribution in [2.45, 2.75) is 39.5 Å². The molecule has 4 N–H and O–H groups in total. The lowest BCUT2D eigenvalue weighted by Crippen LogP contribution is -2.40. The number of hydrogen-bond acceptors (Lipinski definition) is 7. The van der Waals surface area contributed by atoms with E-state index in [0.717, 1.165) is 6.40 Å². The predicted molar refractivity (Wildman–Crippen MR) is 135 cm³/mol. The summed E-state index contributed by atoms with van der Waals surface area (Å²) in [5, 5.41) is 13.8. The van der Waals surface area contributed by atoms with Gasteiger partial charge in [0.05, 0.1) is 6.54 Å². The van der Waals surface area contributed by atoms with Gasteiger partial charge in [-0.3, -0.25) is 19.8 Å². The third-order valence-electron chi connectivity index (χ3n) is 6.10. The molecule has 1 aromatic heterocycles. The van der Waals surface area contributed by atoms with Crippen molar-refractivity contribution in [1.29, 1.82) is 5.41 Å². The fourth-order valence-electron chi connectivity index (χ4n) is 4.34. The molecule has 0 spiro atoms. The molecule has 0 fully saturated rings. The number of likely N-dealkylation sites (N-methyl/N-ethyl adjacent to an activating group) is 1. The van der Waals surface area contributed by atoms with Crippen LogP contribution in [0.1, 0.15) is 41.0 Å². The number of rotatable bonds is 12. The first-order valence-electron chi connectivity index (χ1n) is 12.2. The lowest BCUT2D eigenvalue weighted by Gasteiger charge is -2.31. The summed E-state index contributed by atoms with van der Waals surface area (Å²) in [5.41, 5.74) is 7.57. The summed E-state index contributed by atoms with van der Waals surface area (Å²) in [5.74, 6) is -0.275. The second-order valence-corrected chi connectivity index (χ2v) is 8.89. The zero-order chi connectivity index (χ0) is 27.2. The molecule has 1 aliphatic rings. The Kier molecular flexibility index (Phi) is 9.19. The van der Waals surface area contributed by atoms with Gasteiger partial charge in [-0.25, -0.2) is 0 Å². The summed E-state index contributed by atoms with van der Waals surface area (Å²) < 4.78 is 48.1. The highest BCUT2D eigenvalue weighted by atomic mass is 19.4. The Balaban J connectivity index is 2.07. The van der Waals surface area contributed by atoms with Crippen molar-refractivity contribution in [3.8, 4) is 11.1 Å². The number of carbonyl (C=O) groups excluding carboxylic acids is 1. The topological polar surface area (TPSA) is 113 Å². The molecule has 0 unspecified atom stereocenters. The molecule has 2 heterocycles. The quantitative estimate of drug-likeness (QED) is 0.225. The third kappa shape index (κ3) is 6.82. The van der Waals surface area contributed by atoms with Crippen LogP contribution in [0.5, 0.6) is 0 Å². The normalized spacial score (nSPS) is 14.2. The van der Waals surface area contributed by atoms with Crippen molar-refractivity contribution in [3.63, 3.8) is 0 Å². The van der Waals surface area contributed by atoms with Gasteiger partial charge in [-0.1, -0.05) is 0 Å². The standard InChI is InChI=1S/C25H34F3N7O2/c1-4-31-12-18(30)14-34-7-6-19-20(22-15-35(5-2)32-23(22)25(26,27)28)10-17(11-21(19)24(34)36)13-33(3)8-9-37-16-29/h10-12,15-16,29,31H,4-9,13-14,30H2,1-3H3/b18-12-,29-16?. The van der Waals surface area contributed by atoms with Crippen LogP contribution in [-0.2, 0) is 30.4 Å². The maximum absolute atomic E-state index is 14.0. The van der Waals surface area contributed by atoms with Crippen molar-refractivity contribution in [3.05, 3.63) is 52.6 Å². The zero-order valence-electron chi connectivity index (χ0n) is 21.4. The van der Waals surface area contributed by atoms with E-state index in [4.69, 9.17) is 15.9 Å². The molecule has 37 heavy (non-hydrogen) atoms. The minimum Gasteiger partial charge on any atom is -0.482 e. The van der Waals surface area contributed by atoms with Gasteiger partial charge in [0, 0.05) is 61.9 Å². The number of halogens is 3. The molecule has 202 valence electrons. The van der Waals surface area contributed by atoms with Crippen LogP contribution in [0, 0.1) is 5.41 Å². The number of benzene rings is 1. The summed E-state index contributed by atoms with van der Waals surface area (Å²) in [7, 11) is 1.84. The van der Waals surface area contributed by atoms with E-state index in [-0.39, 0.29) is 24.6 Å². The lowest BCUT2D eigenvalue weighted by molar-refractivity contribution is -0.141. The molecule has 9 nitrogen and oxygen atoms in total. The van der Waals surface area contributed by atoms with Crippen LogP contribution in [-0.4, -0.2) is 71.7 Å². The fourth-order valence-corrected chi connectivity index (χ4v) is 4.34. The van der Waals surface area contributed by atoms with E-state index in [2.05, 4.69) is 10.4 Å². The van der Waals surface area contributed by atoms with Gasteiger partial charge in [-0.15, -0.1) is 0 Å². The summed E-state index contributed by atoms with van der Waals surface area (Å²) in [6, 6.07) is 3.48. The minimum atomic E-state index is -4.64. The molecular weight excluding hydrogens is 487 g/mol. The molecule has 1 aromatic carbocycles. The van der Waals surface area contributed by atoms with E-state index in [1.807, 2.05) is 18.9 Å². The van der Waals surface area contributed by atoms with Gasteiger partial charge in [-0.2, -0.15) is 18.3 Å². The number of alkyl halides is 3. The molecule has 0 saturated heterocycles. The Morgan fingerprint density at radius 3 is 2.68 bits per heavy atom. The van der Waals surface area contributed by atoms with E-state index in [9.17, 15) is 18.0 Å². The number of nitrogens with zero attached hydrogens (tertiary/aromatic N) is 4. The molecule has 3 rings (SSSR count). The third-order valence-corrected chi connectivity index (χ3v) is 6.10. The fraction of sp³-hybridized carbons (Fsp3) is 0.480. The Labute approximate surface area is 214 Å². The van der Waals surface area contributed by atoms with Crippen molar-refractivity contribution < 1.29 is 22.7 Å².